The highest BCUT2D eigenvalue weighted by atomic mass is 35.5. The lowest BCUT2D eigenvalue weighted by molar-refractivity contribution is 0.395. The minimum atomic E-state index is -3.92. The number of hydrogen-bond acceptors (Lipinski definition) is 4. The monoisotopic (exact) mass is 389 g/mol. The largest absolute Gasteiger partial charge is 0.497 e. The standard InChI is InChI=1S/C16H17Cl2NO4S/c1-10(12-9-11(22-2)7-8-15(12)23-3)19-24(20,21)16-13(17)5-4-6-14(16)18/h4-10,19H,1-3H3. The number of methoxy groups -OCH3 is 2. The molecule has 0 bridgehead atoms. The molecule has 0 radical (unpaired) electrons. The summed E-state index contributed by atoms with van der Waals surface area (Å²) in [7, 11) is -0.881. The van der Waals surface area contributed by atoms with E-state index in [0.29, 0.717) is 17.1 Å². The molecular weight excluding hydrogens is 373 g/mol. The Morgan fingerprint density at radius 3 is 2.21 bits per heavy atom. The highest BCUT2D eigenvalue weighted by molar-refractivity contribution is 7.89. The fourth-order valence-electron chi connectivity index (χ4n) is 2.27. The zero-order valence-corrected chi connectivity index (χ0v) is 15.7. The quantitative estimate of drug-likeness (QED) is 0.808. The smallest absolute Gasteiger partial charge is 0.244 e. The third-order valence-electron chi connectivity index (χ3n) is 3.42. The number of rotatable bonds is 6. The lowest BCUT2D eigenvalue weighted by Crippen LogP contribution is -2.27. The Morgan fingerprint density at radius 2 is 1.67 bits per heavy atom. The number of ether oxygens (including phenoxy) is 2. The molecule has 0 aliphatic carbocycles. The van der Waals surface area contributed by atoms with Crippen molar-refractivity contribution in [1.82, 2.24) is 4.72 Å². The van der Waals surface area contributed by atoms with Crippen LogP contribution >= 0.6 is 23.2 Å². The number of sulfonamides is 1. The van der Waals surface area contributed by atoms with E-state index in [-0.39, 0.29) is 14.9 Å². The van der Waals surface area contributed by atoms with Crippen molar-refractivity contribution >= 4 is 33.2 Å². The van der Waals surface area contributed by atoms with Gasteiger partial charge in [0.25, 0.3) is 0 Å². The van der Waals surface area contributed by atoms with E-state index < -0.39 is 16.1 Å². The molecule has 0 aromatic heterocycles. The van der Waals surface area contributed by atoms with Gasteiger partial charge in [0.05, 0.1) is 24.3 Å². The van der Waals surface area contributed by atoms with Gasteiger partial charge in [-0.2, -0.15) is 0 Å². The summed E-state index contributed by atoms with van der Waals surface area (Å²) in [5.41, 5.74) is 0.628. The average molecular weight is 390 g/mol. The summed E-state index contributed by atoms with van der Waals surface area (Å²) >= 11 is 12.0. The van der Waals surface area contributed by atoms with Crippen LogP contribution in [0.15, 0.2) is 41.3 Å². The fourth-order valence-corrected chi connectivity index (χ4v) is 4.64. The van der Waals surface area contributed by atoms with Crippen LogP contribution in [-0.2, 0) is 10.0 Å². The number of halogens is 2. The molecule has 2 rings (SSSR count). The van der Waals surface area contributed by atoms with Crippen LogP contribution in [0.5, 0.6) is 11.5 Å². The Kier molecular flexibility index (Phi) is 5.98. The molecule has 24 heavy (non-hydrogen) atoms. The fraction of sp³-hybridized carbons (Fsp3) is 0.250. The van der Waals surface area contributed by atoms with Gasteiger partial charge in [-0.15, -0.1) is 0 Å². The number of benzene rings is 2. The van der Waals surface area contributed by atoms with E-state index >= 15 is 0 Å². The van der Waals surface area contributed by atoms with Crippen molar-refractivity contribution in [2.24, 2.45) is 0 Å². The predicted molar refractivity (Wildman–Crippen MR) is 94.7 cm³/mol. The van der Waals surface area contributed by atoms with Crippen molar-refractivity contribution in [3.05, 3.63) is 52.0 Å². The Labute approximate surface area is 151 Å². The second kappa shape index (κ2) is 7.61. The van der Waals surface area contributed by atoms with E-state index in [1.807, 2.05) is 0 Å². The van der Waals surface area contributed by atoms with E-state index in [1.165, 1.54) is 26.4 Å². The molecule has 0 saturated carbocycles. The van der Waals surface area contributed by atoms with Gasteiger partial charge in [-0.3, -0.25) is 0 Å². The molecular formula is C16H17Cl2NO4S. The lowest BCUT2D eigenvalue weighted by Gasteiger charge is -2.19. The maximum absolute atomic E-state index is 12.7. The van der Waals surface area contributed by atoms with Gasteiger partial charge < -0.3 is 9.47 Å². The Hall–Kier alpha value is -1.47. The Balaban J connectivity index is 2.40. The molecule has 1 atom stereocenters. The van der Waals surface area contributed by atoms with Crippen LogP contribution in [0.25, 0.3) is 0 Å². The second-order valence-corrected chi connectivity index (χ2v) is 7.47. The van der Waals surface area contributed by atoms with Crippen molar-refractivity contribution in [3.63, 3.8) is 0 Å². The molecule has 0 amide bonds. The van der Waals surface area contributed by atoms with Crippen LogP contribution in [0.4, 0.5) is 0 Å². The van der Waals surface area contributed by atoms with Crippen LogP contribution in [0.3, 0.4) is 0 Å². The molecule has 1 unspecified atom stereocenters. The average Bonchev–Trinajstić information content (AvgIpc) is 2.53. The van der Waals surface area contributed by atoms with Crippen LogP contribution in [0.2, 0.25) is 10.0 Å². The summed E-state index contributed by atoms with van der Waals surface area (Å²) in [6.45, 7) is 1.69. The van der Waals surface area contributed by atoms with Gasteiger partial charge in [-0.25, -0.2) is 13.1 Å². The van der Waals surface area contributed by atoms with Crippen molar-refractivity contribution < 1.29 is 17.9 Å². The SMILES string of the molecule is COc1ccc(OC)c(C(C)NS(=O)(=O)c2c(Cl)cccc2Cl)c1. The highest BCUT2D eigenvalue weighted by Crippen LogP contribution is 2.33. The molecule has 2 aromatic rings. The third-order valence-corrected chi connectivity index (χ3v) is 5.92. The van der Waals surface area contributed by atoms with E-state index in [1.54, 1.807) is 31.2 Å². The van der Waals surface area contributed by atoms with E-state index in [4.69, 9.17) is 32.7 Å². The van der Waals surface area contributed by atoms with Gasteiger partial charge in [0.1, 0.15) is 16.4 Å². The summed E-state index contributed by atoms with van der Waals surface area (Å²) in [6, 6.07) is 9.08. The van der Waals surface area contributed by atoms with Crippen molar-refractivity contribution in [3.8, 4) is 11.5 Å². The molecule has 0 saturated heterocycles. The minimum absolute atomic E-state index is 0.0554. The van der Waals surface area contributed by atoms with Gasteiger partial charge in [0, 0.05) is 11.6 Å². The van der Waals surface area contributed by atoms with Gasteiger partial charge in [0.2, 0.25) is 10.0 Å². The zero-order valence-electron chi connectivity index (χ0n) is 13.3. The summed E-state index contributed by atoms with van der Waals surface area (Å²) < 4.78 is 38.4. The summed E-state index contributed by atoms with van der Waals surface area (Å²) in [5.74, 6) is 1.13. The first-order valence-electron chi connectivity index (χ1n) is 6.98. The van der Waals surface area contributed by atoms with Gasteiger partial charge in [-0.1, -0.05) is 29.3 Å². The minimum Gasteiger partial charge on any atom is -0.497 e. The van der Waals surface area contributed by atoms with Gasteiger partial charge in [-0.05, 0) is 37.3 Å². The zero-order chi connectivity index (χ0) is 17.9. The summed E-state index contributed by atoms with van der Waals surface area (Å²) in [4.78, 5) is -0.151. The third kappa shape index (κ3) is 3.95. The molecule has 2 aromatic carbocycles. The molecule has 0 aliphatic rings. The molecule has 0 aliphatic heterocycles. The molecule has 0 spiro atoms. The van der Waals surface area contributed by atoms with Gasteiger partial charge >= 0.3 is 0 Å². The van der Waals surface area contributed by atoms with Gasteiger partial charge in [0.15, 0.2) is 0 Å². The van der Waals surface area contributed by atoms with E-state index in [9.17, 15) is 8.42 Å². The Morgan fingerprint density at radius 1 is 1.04 bits per heavy atom. The lowest BCUT2D eigenvalue weighted by atomic mass is 10.1. The second-order valence-electron chi connectivity index (χ2n) is 5.00. The number of nitrogens with one attached hydrogen (secondary N) is 1. The molecule has 0 heterocycles. The summed E-state index contributed by atoms with van der Waals surface area (Å²) in [5, 5.41) is 0.111. The number of hydrogen-bond donors (Lipinski definition) is 1. The van der Waals surface area contributed by atoms with Crippen LogP contribution < -0.4 is 14.2 Å². The maximum atomic E-state index is 12.7. The molecule has 8 heteroatoms. The summed E-state index contributed by atoms with van der Waals surface area (Å²) in [6.07, 6.45) is 0. The topological polar surface area (TPSA) is 64.6 Å². The normalized spacial score (nSPS) is 12.7. The van der Waals surface area contributed by atoms with E-state index in [2.05, 4.69) is 4.72 Å². The first-order chi connectivity index (χ1) is 11.3. The van der Waals surface area contributed by atoms with Crippen molar-refractivity contribution in [1.29, 1.82) is 0 Å². The van der Waals surface area contributed by atoms with E-state index in [0.717, 1.165) is 0 Å². The Bertz CT molecular complexity index is 820. The van der Waals surface area contributed by atoms with Crippen LogP contribution in [0.1, 0.15) is 18.5 Å². The molecule has 0 fully saturated rings. The molecule has 130 valence electrons. The van der Waals surface area contributed by atoms with Crippen molar-refractivity contribution in [2.45, 2.75) is 17.9 Å². The maximum Gasteiger partial charge on any atom is 0.244 e. The predicted octanol–water partition coefficient (Wildman–Crippen LogP) is 4.05. The van der Waals surface area contributed by atoms with Crippen molar-refractivity contribution in [2.75, 3.05) is 14.2 Å². The van der Waals surface area contributed by atoms with Crippen LogP contribution in [0, 0.1) is 0 Å². The first-order valence-corrected chi connectivity index (χ1v) is 9.22. The first kappa shape index (κ1) is 18.9. The van der Waals surface area contributed by atoms with Crippen LogP contribution in [-0.4, -0.2) is 22.6 Å². The highest BCUT2D eigenvalue weighted by Gasteiger charge is 2.25. The molecule has 5 nitrogen and oxygen atoms in total. The molecule has 1 N–H and O–H groups in total.